The number of halogens is 1. The number of rotatable bonds is 6. The van der Waals surface area contributed by atoms with Gasteiger partial charge < -0.3 is 4.74 Å². The lowest BCUT2D eigenvalue weighted by Gasteiger charge is -2.03. The van der Waals surface area contributed by atoms with E-state index in [4.69, 9.17) is 4.74 Å². The van der Waals surface area contributed by atoms with E-state index in [1.54, 1.807) is 23.0 Å². The molecule has 0 spiro atoms. The van der Waals surface area contributed by atoms with Gasteiger partial charge in [-0.2, -0.15) is 5.10 Å². The zero-order chi connectivity index (χ0) is 14.5. The van der Waals surface area contributed by atoms with Crippen LogP contribution >= 0.6 is 0 Å². The average Bonchev–Trinajstić information content (AvgIpc) is 3.15. The molecule has 7 heteroatoms. The summed E-state index contributed by atoms with van der Waals surface area (Å²) in [6, 6.07) is 7.89. The van der Waals surface area contributed by atoms with E-state index in [0.717, 1.165) is 6.54 Å². The Balaban J connectivity index is 1.53. The van der Waals surface area contributed by atoms with Crippen molar-refractivity contribution >= 4 is 0 Å². The smallest absolute Gasteiger partial charge is 0.134 e. The molecule has 108 valence electrons. The molecule has 3 rings (SSSR count). The van der Waals surface area contributed by atoms with Crippen molar-refractivity contribution in [3.8, 4) is 5.75 Å². The summed E-state index contributed by atoms with van der Waals surface area (Å²) in [7, 11) is 0. The Bertz CT molecular complexity index is 695. The highest BCUT2D eigenvalue weighted by atomic mass is 19.1. The van der Waals surface area contributed by atoms with E-state index >= 15 is 0 Å². The van der Waals surface area contributed by atoms with Gasteiger partial charge in [-0.15, -0.1) is 5.10 Å². The van der Waals surface area contributed by atoms with Gasteiger partial charge in [-0.1, -0.05) is 11.3 Å². The van der Waals surface area contributed by atoms with E-state index < -0.39 is 0 Å². The summed E-state index contributed by atoms with van der Waals surface area (Å²) >= 11 is 0. The molecule has 0 aliphatic heterocycles. The van der Waals surface area contributed by atoms with Crippen molar-refractivity contribution < 1.29 is 9.13 Å². The molecular weight excluding hydrogens is 273 g/mol. The second-order valence-electron chi connectivity index (χ2n) is 4.49. The van der Waals surface area contributed by atoms with Gasteiger partial charge in [0.15, 0.2) is 0 Å². The van der Waals surface area contributed by atoms with Crippen molar-refractivity contribution in [3.05, 3.63) is 60.4 Å². The summed E-state index contributed by atoms with van der Waals surface area (Å²) in [5.41, 5.74) is 0.694. The molecule has 2 aromatic heterocycles. The minimum Gasteiger partial charge on any atom is -0.487 e. The molecule has 0 aliphatic rings. The number of hydrogen-bond acceptors (Lipinski definition) is 4. The van der Waals surface area contributed by atoms with Crippen LogP contribution in [-0.2, 0) is 19.7 Å². The number of aryl methyl sites for hydroxylation is 2. The van der Waals surface area contributed by atoms with Crippen LogP contribution in [0.25, 0.3) is 0 Å². The molecule has 0 saturated carbocycles. The van der Waals surface area contributed by atoms with Crippen molar-refractivity contribution in [1.82, 2.24) is 24.8 Å². The van der Waals surface area contributed by atoms with Crippen molar-refractivity contribution in [1.29, 1.82) is 0 Å². The lowest BCUT2D eigenvalue weighted by molar-refractivity contribution is 0.299. The second kappa shape index (κ2) is 6.17. The molecule has 2 heterocycles. The SMILES string of the molecule is Fc1cccc(OCc2cn(CCn3cccn3)nn2)c1. The van der Waals surface area contributed by atoms with Gasteiger partial charge >= 0.3 is 0 Å². The third kappa shape index (κ3) is 3.65. The Morgan fingerprint density at radius 1 is 1.14 bits per heavy atom. The molecule has 1 aromatic carbocycles. The molecule has 0 bridgehead atoms. The van der Waals surface area contributed by atoms with Crippen molar-refractivity contribution in [2.24, 2.45) is 0 Å². The predicted octanol–water partition coefficient (Wildman–Crippen LogP) is 1.89. The first-order valence-electron chi connectivity index (χ1n) is 6.54. The molecule has 0 fully saturated rings. The van der Waals surface area contributed by atoms with Gasteiger partial charge in [0.25, 0.3) is 0 Å². The molecule has 0 saturated heterocycles. The summed E-state index contributed by atoms with van der Waals surface area (Å²) < 4.78 is 22.0. The van der Waals surface area contributed by atoms with E-state index in [1.807, 2.05) is 23.1 Å². The Kier molecular flexibility index (Phi) is 3.90. The fraction of sp³-hybridized carbons (Fsp3) is 0.214. The molecule has 21 heavy (non-hydrogen) atoms. The van der Waals surface area contributed by atoms with E-state index in [9.17, 15) is 4.39 Å². The minimum absolute atomic E-state index is 0.255. The van der Waals surface area contributed by atoms with Crippen LogP contribution in [0, 0.1) is 5.82 Å². The highest BCUT2D eigenvalue weighted by Gasteiger charge is 2.03. The molecular formula is C14H14FN5O. The molecule has 0 atom stereocenters. The number of benzene rings is 1. The number of nitrogens with zero attached hydrogens (tertiary/aromatic N) is 5. The molecule has 0 unspecified atom stereocenters. The lowest BCUT2D eigenvalue weighted by atomic mass is 10.3. The molecule has 0 radical (unpaired) electrons. The van der Waals surface area contributed by atoms with Crippen LogP contribution in [0.5, 0.6) is 5.75 Å². The standard InChI is InChI=1S/C14H14FN5O/c15-12-3-1-4-14(9-12)21-11-13-10-20(18-17-13)8-7-19-6-2-5-16-19/h1-6,9-10H,7-8,11H2. The molecule has 0 N–H and O–H groups in total. The predicted molar refractivity (Wildman–Crippen MR) is 73.0 cm³/mol. The van der Waals surface area contributed by atoms with Gasteiger partial charge in [0.1, 0.15) is 23.9 Å². The van der Waals surface area contributed by atoms with Crippen LogP contribution in [-0.4, -0.2) is 24.8 Å². The van der Waals surface area contributed by atoms with Gasteiger partial charge in [-0.3, -0.25) is 9.36 Å². The average molecular weight is 287 g/mol. The highest BCUT2D eigenvalue weighted by molar-refractivity contribution is 5.22. The monoisotopic (exact) mass is 287 g/mol. The van der Waals surface area contributed by atoms with Crippen molar-refractivity contribution in [3.63, 3.8) is 0 Å². The summed E-state index contributed by atoms with van der Waals surface area (Å²) in [6.45, 7) is 1.65. The fourth-order valence-corrected chi connectivity index (χ4v) is 1.87. The molecule has 0 amide bonds. The lowest BCUT2D eigenvalue weighted by Crippen LogP contribution is -2.08. The van der Waals surface area contributed by atoms with E-state index in [-0.39, 0.29) is 12.4 Å². The highest BCUT2D eigenvalue weighted by Crippen LogP contribution is 2.13. The summed E-state index contributed by atoms with van der Waals surface area (Å²) in [5, 5.41) is 12.2. The molecule has 0 aliphatic carbocycles. The van der Waals surface area contributed by atoms with Crippen molar-refractivity contribution in [2.45, 2.75) is 19.7 Å². The maximum atomic E-state index is 13.0. The number of ether oxygens (including phenoxy) is 1. The second-order valence-corrected chi connectivity index (χ2v) is 4.49. The fourth-order valence-electron chi connectivity index (χ4n) is 1.87. The van der Waals surface area contributed by atoms with Gasteiger partial charge in [-0.05, 0) is 18.2 Å². The van der Waals surface area contributed by atoms with E-state index in [1.165, 1.54) is 12.1 Å². The van der Waals surface area contributed by atoms with Crippen LogP contribution in [0.4, 0.5) is 4.39 Å². The van der Waals surface area contributed by atoms with E-state index in [0.29, 0.717) is 18.0 Å². The third-order valence-corrected chi connectivity index (χ3v) is 2.89. The van der Waals surface area contributed by atoms with Crippen LogP contribution in [0.1, 0.15) is 5.69 Å². The van der Waals surface area contributed by atoms with Crippen LogP contribution in [0.15, 0.2) is 48.9 Å². The minimum atomic E-state index is -0.324. The zero-order valence-electron chi connectivity index (χ0n) is 11.3. The van der Waals surface area contributed by atoms with Gasteiger partial charge in [0, 0.05) is 18.5 Å². The number of hydrogen-bond donors (Lipinski definition) is 0. The van der Waals surface area contributed by atoms with Crippen LogP contribution < -0.4 is 4.74 Å². The van der Waals surface area contributed by atoms with E-state index in [2.05, 4.69) is 15.4 Å². The summed E-state index contributed by atoms with van der Waals surface area (Å²) in [4.78, 5) is 0. The van der Waals surface area contributed by atoms with Crippen molar-refractivity contribution in [2.75, 3.05) is 0 Å². The Hall–Kier alpha value is -2.70. The normalized spacial score (nSPS) is 10.7. The van der Waals surface area contributed by atoms with Crippen LogP contribution in [0.3, 0.4) is 0 Å². The first-order valence-corrected chi connectivity index (χ1v) is 6.54. The molecule has 6 nitrogen and oxygen atoms in total. The van der Waals surface area contributed by atoms with Crippen LogP contribution in [0.2, 0.25) is 0 Å². The number of aromatic nitrogens is 5. The Labute approximate surface area is 120 Å². The largest absolute Gasteiger partial charge is 0.487 e. The Morgan fingerprint density at radius 2 is 2.05 bits per heavy atom. The maximum Gasteiger partial charge on any atom is 0.134 e. The zero-order valence-corrected chi connectivity index (χ0v) is 11.3. The third-order valence-electron chi connectivity index (χ3n) is 2.89. The van der Waals surface area contributed by atoms with Gasteiger partial charge in [0.2, 0.25) is 0 Å². The topological polar surface area (TPSA) is 57.8 Å². The molecule has 3 aromatic rings. The summed E-state index contributed by atoms with van der Waals surface area (Å²) in [5.74, 6) is 0.150. The first kappa shape index (κ1) is 13.3. The maximum absolute atomic E-state index is 13.0. The quantitative estimate of drug-likeness (QED) is 0.694. The Morgan fingerprint density at radius 3 is 2.86 bits per heavy atom. The van der Waals surface area contributed by atoms with Gasteiger partial charge in [0.05, 0.1) is 19.3 Å². The van der Waals surface area contributed by atoms with Gasteiger partial charge in [-0.25, -0.2) is 4.39 Å². The first-order chi connectivity index (χ1) is 10.3. The summed E-state index contributed by atoms with van der Waals surface area (Å²) in [6.07, 6.45) is 5.44.